The number of amides is 2. The molecule has 0 aliphatic carbocycles. The molecule has 0 saturated carbocycles. The summed E-state index contributed by atoms with van der Waals surface area (Å²) in [5.74, 6) is -0.247. The summed E-state index contributed by atoms with van der Waals surface area (Å²) >= 11 is 6.08. The van der Waals surface area contributed by atoms with Gasteiger partial charge in [-0.1, -0.05) is 79.5 Å². The maximum atomic E-state index is 14.6. The smallest absolute Gasteiger partial charge is 0.264 e. The molecule has 0 bridgehead atoms. The Morgan fingerprint density at radius 3 is 2.17 bits per heavy atom. The van der Waals surface area contributed by atoms with E-state index in [1.165, 1.54) is 29.2 Å². The van der Waals surface area contributed by atoms with Crippen molar-refractivity contribution in [2.45, 2.75) is 57.5 Å². The van der Waals surface area contributed by atoms with Gasteiger partial charge < -0.3 is 15.0 Å². The summed E-state index contributed by atoms with van der Waals surface area (Å²) in [6.07, 6.45) is 1.94. The first kappa shape index (κ1) is 35.5. The van der Waals surface area contributed by atoms with Crippen LogP contribution < -0.4 is 14.4 Å². The topological polar surface area (TPSA) is 96.0 Å². The molecule has 2 amide bonds. The van der Waals surface area contributed by atoms with Crippen LogP contribution in [0, 0.1) is 6.92 Å². The number of aryl methyl sites for hydroxylation is 1. The van der Waals surface area contributed by atoms with Crippen molar-refractivity contribution in [2.24, 2.45) is 0 Å². The van der Waals surface area contributed by atoms with Gasteiger partial charge in [0.15, 0.2) is 0 Å². The second-order valence-corrected chi connectivity index (χ2v) is 13.5. The van der Waals surface area contributed by atoms with Crippen molar-refractivity contribution in [1.82, 2.24) is 10.2 Å². The van der Waals surface area contributed by atoms with Gasteiger partial charge in [-0.05, 0) is 85.5 Å². The Morgan fingerprint density at radius 1 is 0.872 bits per heavy atom. The molecule has 0 heterocycles. The van der Waals surface area contributed by atoms with Crippen LogP contribution in [0.3, 0.4) is 0 Å². The van der Waals surface area contributed by atoms with E-state index >= 15 is 0 Å². The Hall–Kier alpha value is -4.34. The fourth-order valence-electron chi connectivity index (χ4n) is 5.17. The lowest BCUT2D eigenvalue weighted by molar-refractivity contribution is -0.140. The summed E-state index contributed by atoms with van der Waals surface area (Å²) in [6, 6.07) is 28.6. The molecule has 47 heavy (non-hydrogen) atoms. The lowest BCUT2D eigenvalue weighted by Crippen LogP contribution is -2.53. The van der Waals surface area contributed by atoms with Crippen molar-refractivity contribution in [3.05, 3.63) is 125 Å². The van der Waals surface area contributed by atoms with Crippen LogP contribution in [0.2, 0.25) is 5.02 Å². The Labute approximate surface area is 283 Å². The highest BCUT2D eigenvalue weighted by atomic mass is 35.5. The number of rotatable bonds is 16. The highest BCUT2D eigenvalue weighted by molar-refractivity contribution is 7.92. The van der Waals surface area contributed by atoms with Gasteiger partial charge in [0.2, 0.25) is 11.8 Å². The van der Waals surface area contributed by atoms with Gasteiger partial charge in [-0.25, -0.2) is 8.42 Å². The van der Waals surface area contributed by atoms with E-state index in [9.17, 15) is 18.0 Å². The Kier molecular flexibility index (Phi) is 12.8. The van der Waals surface area contributed by atoms with Crippen LogP contribution in [-0.2, 0) is 32.6 Å². The molecule has 0 aromatic heterocycles. The zero-order valence-corrected chi connectivity index (χ0v) is 28.6. The summed E-state index contributed by atoms with van der Waals surface area (Å²) in [7, 11) is -4.24. The number of carbonyl (C=O) groups is 2. The SMILES string of the molecule is CCCCNC(=O)C(Cc1ccccc1)N(Cc1ccccc1C)C(=O)CN(c1ccc(OCC)cc1)S(=O)(=O)c1ccc(Cl)cc1. The third-order valence-corrected chi connectivity index (χ3v) is 9.86. The average Bonchev–Trinajstić information content (AvgIpc) is 3.07. The first-order valence-corrected chi connectivity index (χ1v) is 17.6. The minimum Gasteiger partial charge on any atom is -0.494 e. The van der Waals surface area contributed by atoms with Crippen LogP contribution in [0.1, 0.15) is 43.4 Å². The van der Waals surface area contributed by atoms with E-state index in [0.29, 0.717) is 23.9 Å². The second-order valence-electron chi connectivity index (χ2n) is 11.2. The van der Waals surface area contributed by atoms with E-state index in [2.05, 4.69) is 5.32 Å². The van der Waals surface area contributed by atoms with Gasteiger partial charge in [-0.3, -0.25) is 13.9 Å². The third kappa shape index (κ3) is 9.59. The van der Waals surface area contributed by atoms with Crippen LogP contribution in [0.15, 0.2) is 108 Å². The predicted molar refractivity (Wildman–Crippen MR) is 187 cm³/mol. The Bertz CT molecular complexity index is 1720. The minimum absolute atomic E-state index is 0.0211. The number of unbranched alkanes of at least 4 members (excludes halogenated alkanes) is 1. The lowest BCUT2D eigenvalue weighted by Gasteiger charge is -2.34. The maximum Gasteiger partial charge on any atom is 0.264 e. The van der Waals surface area contributed by atoms with Crippen molar-refractivity contribution in [3.63, 3.8) is 0 Å². The van der Waals surface area contributed by atoms with Gasteiger partial charge in [0, 0.05) is 24.5 Å². The predicted octanol–water partition coefficient (Wildman–Crippen LogP) is 6.80. The molecule has 0 spiro atoms. The monoisotopic (exact) mass is 675 g/mol. The number of sulfonamides is 1. The second kappa shape index (κ2) is 17.0. The van der Waals surface area contributed by atoms with Crippen LogP contribution in [-0.4, -0.2) is 50.9 Å². The van der Waals surface area contributed by atoms with Crippen LogP contribution in [0.4, 0.5) is 5.69 Å². The van der Waals surface area contributed by atoms with E-state index in [0.717, 1.165) is 33.8 Å². The average molecular weight is 676 g/mol. The molecule has 4 aromatic carbocycles. The number of halogens is 1. The molecule has 0 fully saturated rings. The Morgan fingerprint density at radius 2 is 1.53 bits per heavy atom. The van der Waals surface area contributed by atoms with Crippen molar-refractivity contribution < 1.29 is 22.7 Å². The van der Waals surface area contributed by atoms with Crippen LogP contribution in [0.5, 0.6) is 5.75 Å². The third-order valence-electron chi connectivity index (χ3n) is 7.82. The van der Waals surface area contributed by atoms with E-state index in [-0.39, 0.29) is 29.5 Å². The molecule has 1 N–H and O–H groups in total. The number of nitrogens with zero attached hydrogens (tertiary/aromatic N) is 2. The van der Waals surface area contributed by atoms with Gasteiger partial charge in [0.05, 0.1) is 17.2 Å². The van der Waals surface area contributed by atoms with Crippen molar-refractivity contribution in [3.8, 4) is 5.75 Å². The molecule has 248 valence electrons. The molecule has 0 radical (unpaired) electrons. The maximum absolute atomic E-state index is 14.6. The van der Waals surface area contributed by atoms with Crippen molar-refractivity contribution >= 4 is 39.1 Å². The number of hydrogen-bond donors (Lipinski definition) is 1. The molecule has 4 rings (SSSR count). The molecule has 8 nitrogen and oxygen atoms in total. The summed E-state index contributed by atoms with van der Waals surface area (Å²) in [5.41, 5.74) is 2.96. The number of hydrogen-bond acceptors (Lipinski definition) is 5. The first-order chi connectivity index (χ1) is 22.6. The van der Waals surface area contributed by atoms with Crippen LogP contribution in [0.25, 0.3) is 0 Å². The molecule has 0 aliphatic rings. The largest absolute Gasteiger partial charge is 0.494 e. The number of carbonyl (C=O) groups excluding carboxylic acids is 2. The van der Waals surface area contributed by atoms with Gasteiger partial charge >= 0.3 is 0 Å². The lowest BCUT2D eigenvalue weighted by atomic mass is 10.0. The molecular weight excluding hydrogens is 634 g/mol. The summed E-state index contributed by atoms with van der Waals surface area (Å²) < 4.78 is 35.0. The first-order valence-electron chi connectivity index (χ1n) is 15.8. The highest BCUT2D eigenvalue weighted by Crippen LogP contribution is 2.28. The zero-order valence-electron chi connectivity index (χ0n) is 27.1. The normalized spacial score (nSPS) is 11.8. The molecule has 0 saturated heterocycles. The molecule has 10 heteroatoms. The van der Waals surface area contributed by atoms with Crippen molar-refractivity contribution in [1.29, 1.82) is 0 Å². The number of ether oxygens (including phenoxy) is 1. The number of nitrogens with one attached hydrogen (secondary N) is 1. The fourth-order valence-corrected chi connectivity index (χ4v) is 6.71. The molecular formula is C37H42ClN3O5S. The van der Waals surface area contributed by atoms with Gasteiger partial charge in [-0.15, -0.1) is 0 Å². The fraction of sp³-hybridized carbons (Fsp3) is 0.297. The summed E-state index contributed by atoms with van der Waals surface area (Å²) in [4.78, 5) is 30.0. The molecule has 4 aromatic rings. The molecule has 1 atom stereocenters. The van der Waals surface area contributed by atoms with Crippen LogP contribution >= 0.6 is 11.6 Å². The summed E-state index contributed by atoms with van der Waals surface area (Å²) in [5, 5.41) is 3.40. The van der Waals surface area contributed by atoms with Crippen molar-refractivity contribution in [2.75, 3.05) is 24.0 Å². The van der Waals surface area contributed by atoms with E-state index < -0.39 is 28.5 Å². The van der Waals surface area contributed by atoms with E-state index in [4.69, 9.17) is 16.3 Å². The molecule has 0 aliphatic heterocycles. The molecule has 1 unspecified atom stereocenters. The summed E-state index contributed by atoms with van der Waals surface area (Å²) in [6.45, 7) is 6.33. The highest BCUT2D eigenvalue weighted by Gasteiger charge is 2.34. The number of benzene rings is 4. The van der Waals surface area contributed by atoms with E-state index in [1.54, 1.807) is 24.3 Å². The van der Waals surface area contributed by atoms with Gasteiger partial charge in [-0.2, -0.15) is 0 Å². The van der Waals surface area contributed by atoms with Gasteiger partial charge in [0.25, 0.3) is 10.0 Å². The zero-order chi connectivity index (χ0) is 33.8. The quantitative estimate of drug-likeness (QED) is 0.132. The van der Waals surface area contributed by atoms with Gasteiger partial charge in [0.1, 0.15) is 18.3 Å². The van der Waals surface area contributed by atoms with E-state index in [1.807, 2.05) is 75.4 Å². The number of anilines is 1. The minimum atomic E-state index is -4.24. The Balaban J connectivity index is 1.80. The standard InChI is InChI=1S/C37H42ClN3O5S/c1-4-6-24-39-37(43)35(25-29-13-8-7-9-14-29)40(26-30-15-11-10-12-28(30)3)36(42)27-41(32-18-20-33(21-19-32)46-5-2)47(44,45)34-22-16-31(38)17-23-34/h7-23,35H,4-6,24-27H2,1-3H3,(H,39,43).